The fraction of sp³-hybridized carbons (Fsp3) is 0.316. The fourth-order valence-electron chi connectivity index (χ4n) is 3.20. The van der Waals surface area contributed by atoms with Gasteiger partial charge in [-0.2, -0.15) is 0 Å². The lowest BCUT2D eigenvalue weighted by atomic mass is 10.1. The number of hydrogen-bond acceptors (Lipinski definition) is 9. The largest absolute Gasteiger partial charge is 0.509 e. The zero-order chi connectivity index (χ0) is 20.7. The van der Waals surface area contributed by atoms with Crippen LogP contribution in [0.15, 0.2) is 45.0 Å². The predicted molar refractivity (Wildman–Crippen MR) is 97.1 cm³/mol. The van der Waals surface area contributed by atoms with Crippen LogP contribution in [0.5, 0.6) is 5.75 Å². The highest BCUT2D eigenvalue weighted by Gasteiger charge is 2.51. The van der Waals surface area contributed by atoms with E-state index in [9.17, 15) is 14.4 Å². The third-order valence-electron chi connectivity index (χ3n) is 4.41. The van der Waals surface area contributed by atoms with Crippen LogP contribution in [0.1, 0.15) is 13.8 Å². The first-order valence-electron chi connectivity index (χ1n) is 8.66. The summed E-state index contributed by atoms with van der Waals surface area (Å²) >= 11 is 0. The third-order valence-corrected chi connectivity index (χ3v) is 4.41. The van der Waals surface area contributed by atoms with Crippen LogP contribution in [-0.4, -0.2) is 37.7 Å². The molecule has 2 aliphatic heterocycles. The van der Waals surface area contributed by atoms with Crippen molar-refractivity contribution in [1.82, 2.24) is 0 Å². The molecule has 1 aromatic heterocycles. The van der Waals surface area contributed by atoms with Crippen LogP contribution in [-0.2, 0) is 23.7 Å². The number of carbonyl (C=O) groups is 2. The molecule has 3 unspecified atom stereocenters. The number of anilines is 1. The van der Waals surface area contributed by atoms with E-state index in [1.54, 1.807) is 19.1 Å². The minimum atomic E-state index is -0.992. The highest BCUT2D eigenvalue weighted by atomic mass is 16.8. The van der Waals surface area contributed by atoms with E-state index in [1.165, 1.54) is 26.2 Å². The zero-order valence-corrected chi connectivity index (χ0v) is 15.7. The monoisotopic (exact) mass is 403 g/mol. The van der Waals surface area contributed by atoms with Crippen LogP contribution in [0.4, 0.5) is 10.5 Å². The Bertz CT molecular complexity index is 1090. The Balaban J connectivity index is 1.62. The van der Waals surface area contributed by atoms with Crippen LogP contribution >= 0.6 is 0 Å². The van der Waals surface area contributed by atoms with Crippen LogP contribution in [0.2, 0.25) is 0 Å². The molecule has 1 saturated heterocycles. The summed E-state index contributed by atoms with van der Waals surface area (Å²) in [6, 6.07) is 6.28. The number of nitrogens with one attached hydrogen (secondary N) is 1. The summed E-state index contributed by atoms with van der Waals surface area (Å²) < 4.78 is 32.3. The lowest BCUT2D eigenvalue weighted by Crippen LogP contribution is -2.45. The van der Waals surface area contributed by atoms with Crippen molar-refractivity contribution in [2.45, 2.75) is 32.3 Å². The van der Waals surface area contributed by atoms with Gasteiger partial charge in [-0.3, -0.25) is 4.79 Å². The standard InChI is InChI=1S/C19H17NO9/c1-8-14(24-3)15-16(29-19(23)28-15)18(25-8)26-11-5-4-10-6-12(20-9(2)21)17(22)27-13(10)7-11/h4-7,15-16,18H,1-3H3,(H,20,21). The lowest BCUT2D eigenvalue weighted by Gasteiger charge is -2.32. The molecular formula is C19H17NO9. The number of allylic oxidation sites excluding steroid dienone is 1. The van der Waals surface area contributed by atoms with Gasteiger partial charge in [-0.05, 0) is 25.1 Å². The number of hydrogen-bond donors (Lipinski definition) is 1. The molecule has 4 rings (SSSR count). The molecule has 0 saturated carbocycles. The first-order valence-corrected chi connectivity index (χ1v) is 8.66. The van der Waals surface area contributed by atoms with E-state index in [1.807, 2.05) is 0 Å². The molecule has 1 aromatic carbocycles. The van der Waals surface area contributed by atoms with E-state index in [2.05, 4.69) is 5.32 Å². The maximum Gasteiger partial charge on any atom is 0.509 e. The quantitative estimate of drug-likeness (QED) is 0.605. The first-order chi connectivity index (χ1) is 13.9. The summed E-state index contributed by atoms with van der Waals surface area (Å²) in [5.41, 5.74) is -0.404. The normalized spacial score (nSPS) is 23.0. The Hall–Kier alpha value is -3.69. The highest BCUT2D eigenvalue weighted by Crippen LogP contribution is 2.35. The van der Waals surface area contributed by atoms with E-state index in [4.69, 9.17) is 28.1 Å². The number of methoxy groups -OCH3 is 1. The van der Waals surface area contributed by atoms with E-state index in [0.717, 1.165) is 0 Å². The second-order valence-electron chi connectivity index (χ2n) is 6.43. The van der Waals surface area contributed by atoms with Gasteiger partial charge in [-0.25, -0.2) is 9.59 Å². The molecule has 29 heavy (non-hydrogen) atoms. The number of rotatable bonds is 4. The van der Waals surface area contributed by atoms with Gasteiger partial charge >= 0.3 is 11.8 Å². The minimum Gasteiger partial charge on any atom is -0.494 e. The van der Waals surface area contributed by atoms with Crippen molar-refractivity contribution in [2.24, 2.45) is 0 Å². The Labute approximate surface area is 163 Å². The highest BCUT2D eigenvalue weighted by molar-refractivity contribution is 5.91. The molecule has 0 spiro atoms. The maximum atomic E-state index is 12.0. The van der Waals surface area contributed by atoms with Crippen LogP contribution in [0, 0.1) is 0 Å². The second-order valence-corrected chi connectivity index (χ2v) is 6.43. The molecule has 10 heteroatoms. The summed E-state index contributed by atoms with van der Waals surface area (Å²) in [6.45, 7) is 2.95. The average Bonchev–Trinajstić information content (AvgIpc) is 3.04. The molecule has 10 nitrogen and oxygen atoms in total. The third kappa shape index (κ3) is 3.44. The van der Waals surface area contributed by atoms with Gasteiger partial charge in [0, 0.05) is 18.4 Å². The van der Waals surface area contributed by atoms with Gasteiger partial charge < -0.3 is 33.4 Å². The van der Waals surface area contributed by atoms with Crippen LogP contribution in [0.25, 0.3) is 11.0 Å². The van der Waals surface area contributed by atoms with Crippen LogP contribution < -0.4 is 15.7 Å². The summed E-state index contributed by atoms with van der Waals surface area (Å²) in [5.74, 6) is 0.668. The molecule has 0 aliphatic carbocycles. The number of carbonyl (C=O) groups excluding carboxylic acids is 2. The number of benzene rings is 1. The summed E-state index contributed by atoms with van der Waals surface area (Å²) in [6.07, 6.45) is -3.50. The van der Waals surface area contributed by atoms with E-state index in [-0.39, 0.29) is 17.2 Å². The summed E-state index contributed by atoms with van der Waals surface area (Å²) in [5, 5.41) is 2.99. The molecule has 2 aromatic rings. The summed E-state index contributed by atoms with van der Waals surface area (Å²) in [7, 11) is 1.44. The van der Waals surface area contributed by atoms with Crippen molar-refractivity contribution in [1.29, 1.82) is 0 Å². The smallest absolute Gasteiger partial charge is 0.494 e. The minimum absolute atomic E-state index is 0.0417. The molecule has 2 aliphatic rings. The van der Waals surface area contributed by atoms with Gasteiger partial charge in [-0.1, -0.05) is 0 Å². The Morgan fingerprint density at radius 3 is 2.66 bits per heavy atom. The van der Waals surface area contributed by atoms with Crippen molar-refractivity contribution in [3.05, 3.63) is 46.2 Å². The maximum absolute atomic E-state index is 12.0. The van der Waals surface area contributed by atoms with E-state index < -0.39 is 30.3 Å². The summed E-state index contributed by atoms with van der Waals surface area (Å²) in [4.78, 5) is 34.8. The van der Waals surface area contributed by atoms with Gasteiger partial charge in [0.2, 0.25) is 18.1 Å². The van der Waals surface area contributed by atoms with Gasteiger partial charge in [0.1, 0.15) is 22.8 Å². The zero-order valence-electron chi connectivity index (χ0n) is 15.7. The van der Waals surface area contributed by atoms with E-state index >= 15 is 0 Å². The molecule has 1 N–H and O–H groups in total. The second kappa shape index (κ2) is 7.04. The van der Waals surface area contributed by atoms with Gasteiger partial charge in [0.05, 0.1) is 7.11 Å². The Morgan fingerprint density at radius 1 is 1.14 bits per heavy atom. The number of amides is 1. The van der Waals surface area contributed by atoms with Gasteiger partial charge in [0.15, 0.2) is 5.76 Å². The molecule has 3 atom stereocenters. The Morgan fingerprint density at radius 2 is 1.93 bits per heavy atom. The SMILES string of the molecule is COC1=C(C)OC(Oc2ccc3cc(NC(C)=O)c(=O)oc3c2)C2OC(=O)OC12. The predicted octanol–water partition coefficient (Wildman–Crippen LogP) is 2.27. The van der Waals surface area contributed by atoms with Crippen molar-refractivity contribution in [3.8, 4) is 5.75 Å². The van der Waals surface area contributed by atoms with Crippen molar-refractivity contribution < 1.29 is 37.7 Å². The fourth-order valence-corrected chi connectivity index (χ4v) is 3.20. The van der Waals surface area contributed by atoms with Crippen LogP contribution in [0.3, 0.4) is 0 Å². The average molecular weight is 403 g/mol. The molecule has 152 valence electrons. The number of fused-ring (bicyclic) bond motifs is 2. The molecule has 0 radical (unpaired) electrons. The molecule has 1 fully saturated rings. The van der Waals surface area contributed by atoms with Gasteiger partial charge in [-0.15, -0.1) is 0 Å². The lowest BCUT2D eigenvalue weighted by molar-refractivity contribution is -0.140. The molecule has 1 amide bonds. The van der Waals surface area contributed by atoms with Crippen molar-refractivity contribution in [3.63, 3.8) is 0 Å². The van der Waals surface area contributed by atoms with E-state index in [0.29, 0.717) is 22.7 Å². The number of ether oxygens (including phenoxy) is 5. The molecule has 0 bridgehead atoms. The Kier molecular flexibility index (Phi) is 4.53. The topological polar surface area (TPSA) is 123 Å². The molecule has 3 heterocycles. The first kappa shape index (κ1) is 18.7. The van der Waals surface area contributed by atoms with Gasteiger partial charge in [0.25, 0.3) is 6.29 Å². The molecular weight excluding hydrogens is 386 g/mol. The van der Waals surface area contributed by atoms with Crippen molar-refractivity contribution in [2.75, 3.05) is 12.4 Å². The van der Waals surface area contributed by atoms with Crippen molar-refractivity contribution >= 4 is 28.7 Å².